The summed E-state index contributed by atoms with van der Waals surface area (Å²) in [5.41, 5.74) is 15.8. The van der Waals surface area contributed by atoms with Crippen molar-refractivity contribution in [3.8, 4) is 0 Å². The lowest BCUT2D eigenvalue weighted by Gasteiger charge is -2.17. The maximum atomic E-state index is 6.10. The van der Waals surface area contributed by atoms with E-state index < -0.39 is 0 Å². The first kappa shape index (κ1) is 16.5. The summed E-state index contributed by atoms with van der Waals surface area (Å²) in [5, 5.41) is 0. The van der Waals surface area contributed by atoms with Gasteiger partial charge in [-0.2, -0.15) is 0 Å². The monoisotopic (exact) mass is 318 g/mol. The van der Waals surface area contributed by atoms with Crippen molar-refractivity contribution in [1.29, 1.82) is 0 Å². The van der Waals surface area contributed by atoms with Crippen LogP contribution in [0.3, 0.4) is 0 Å². The maximum absolute atomic E-state index is 6.10. The molecule has 0 aromatic heterocycles. The minimum absolute atomic E-state index is 0.734. The molecule has 1 aliphatic carbocycles. The Hall–Kier alpha value is -2.35. The standard InChI is InChI=1S/C22H26N2/c1-4-6-17-14-24-22(16-9-7-15(3)8-10-16)20-12-11-18(23)13-21(20)19(17)5-2/h5-7,9,11-13H,4,8,10,14,23H2,1-3H3/b17-6-,19-5+. The molecule has 0 spiro atoms. The van der Waals surface area contributed by atoms with Crippen LogP contribution in [0.4, 0.5) is 5.69 Å². The van der Waals surface area contributed by atoms with Crippen molar-refractivity contribution in [2.45, 2.75) is 40.0 Å². The Labute approximate surface area is 145 Å². The first-order valence-electron chi connectivity index (χ1n) is 8.81. The highest BCUT2D eigenvalue weighted by molar-refractivity contribution is 6.17. The zero-order chi connectivity index (χ0) is 17.1. The minimum Gasteiger partial charge on any atom is -0.399 e. The van der Waals surface area contributed by atoms with Gasteiger partial charge < -0.3 is 5.73 Å². The number of anilines is 1. The van der Waals surface area contributed by atoms with Crippen LogP contribution in [0.15, 0.2) is 64.2 Å². The van der Waals surface area contributed by atoms with Crippen molar-refractivity contribution < 1.29 is 0 Å². The first-order valence-corrected chi connectivity index (χ1v) is 8.81. The predicted molar refractivity (Wildman–Crippen MR) is 105 cm³/mol. The van der Waals surface area contributed by atoms with Crippen molar-refractivity contribution in [1.82, 2.24) is 0 Å². The second kappa shape index (κ2) is 7.04. The van der Waals surface area contributed by atoms with Crippen molar-refractivity contribution in [2.75, 3.05) is 12.3 Å². The highest BCUT2D eigenvalue weighted by Crippen LogP contribution is 2.34. The molecule has 1 heterocycles. The Morgan fingerprint density at radius 2 is 2.00 bits per heavy atom. The lowest BCUT2D eigenvalue weighted by atomic mass is 9.87. The number of nitrogens with zero attached hydrogens (tertiary/aromatic N) is 1. The van der Waals surface area contributed by atoms with E-state index in [4.69, 9.17) is 10.7 Å². The third-order valence-electron chi connectivity index (χ3n) is 4.74. The van der Waals surface area contributed by atoms with Gasteiger partial charge >= 0.3 is 0 Å². The Kier molecular flexibility index (Phi) is 4.84. The smallest absolute Gasteiger partial charge is 0.0689 e. The summed E-state index contributed by atoms with van der Waals surface area (Å²) in [4.78, 5) is 5.01. The number of benzene rings is 1. The molecule has 0 fully saturated rings. The molecule has 0 radical (unpaired) electrons. The molecular weight excluding hydrogens is 292 g/mol. The lowest BCUT2D eigenvalue weighted by Crippen LogP contribution is -2.09. The molecule has 1 aromatic rings. The van der Waals surface area contributed by atoms with Crippen molar-refractivity contribution in [2.24, 2.45) is 4.99 Å². The molecule has 2 N–H and O–H groups in total. The van der Waals surface area contributed by atoms with E-state index in [-0.39, 0.29) is 0 Å². The molecule has 24 heavy (non-hydrogen) atoms. The molecule has 0 unspecified atom stereocenters. The molecule has 0 saturated heterocycles. The number of fused-ring (bicyclic) bond motifs is 1. The van der Waals surface area contributed by atoms with E-state index in [9.17, 15) is 0 Å². The van der Waals surface area contributed by atoms with Gasteiger partial charge in [-0.05, 0) is 67.5 Å². The largest absolute Gasteiger partial charge is 0.399 e. The average Bonchev–Trinajstić information content (AvgIpc) is 2.72. The van der Waals surface area contributed by atoms with Crippen LogP contribution in [-0.2, 0) is 0 Å². The third-order valence-corrected chi connectivity index (χ3v) is 4.74. The number of nitrogen functional groups attached to an aromatic ring is 1. The van der Waals surface area contributed by atoms with Crippen LogP contribution in [0.5, 0.6) is 0 Å². The highest BCUT2D eigenvalue weighted by Gasteiger charge is 2.22. The Morgan fingerprint density at radius 1 is 1.17 bits per heavy atom. The highest BCUT2D eigenvalue weighted by atomic mass is 14.8. The van der Waals surface area contributed by atoms with Gasteiger partial charge in [0, 0.05) is 11.3 Å². The van der Waals surface area contributed by atoms with E-state index in [1.165, 1.54) is 33.4 Å². The number of hydrogen-bond acceptors (Lipinski definition) is 2. The molecule has 0 saturated carbocycles. The summed E-state index contributed by atoms with van der Waals surface area (Å²) < 4.78 is 0. The molecule has 0 amide bonds. The van der Waals surface area contributed by atoms with E-state index in [1.807, 2.05) is 6.07 Å². The van der Waals surface area contributed by atoms with E-state index in [0.717, 1.165) is 37.2 Å². The summed E-state index contributed by atoms with van der Waals surface area (Å²) in [7, 11) is 0. The van der Waals surface area contributed by atoms with Gasteiger partial charge in [0.05, 0.1) is 12.3 Å². The fourth-order valence-electron chi connectivity index (χ4n) is 3.47. The molecule has 2 nitrogen and oxygen atoms in total. The first-order chi connectivity index (χ1) is 11.6. The number of allylic oxidation sites excluding steroid dienone is 6. The van der Waals surface area contributed by atoms with Gasteiger partial charge in [-0.25, -0.2) is 0 Å². The molecule has 2 heteroatoms. The van der Waals surface area contributed by atoms with Gasteiger partial charge in [0.2, 0.25) is 0 Å². The van der Waals surface area contributed by atoms with E-state index >= 15 is 0 Å². The van der Waals surface area contributed by atoms with Crippen LogP contribution in [0.1, 0.15) is 51.2 Å². The van der Waals surface area contributed by atoms with Gasteiger partial charge in [0.1, 0.15) is 0 Å². The van der Waals surface area contributed by atoms with Crippen LogP contribution in [-0.4, -0.2) is 12.3 Å². The second-order valence-corrected chi connectivity index (χ2v) is 6.51. The number of aliphatic imine (C=N–C) groups is 1. The predicted octanol–water partition coefficient (Wildman–Crippen LogP) is 5.48. The van der Waals surface area contributed by atoms with Crippen LogP contribution in [0.2, 0.25) is 0 Å². The second-order valence-electron chi connectivity index (χ2n) is 6.51. The fourth-order valence-corrected chi connectivity index (χ4v) is 3.47. The zero-order valence-electron chi connectivity index (χ0n) is 14.9. The minimum atomic E-state index is 0.734. The topological polar surface area (TPSA) is 38.4 Å². The Balaban J connectivity index is 2.20. The summed E-state index contributed by atoms with van der Waals surface area (Å²) in [6.07, 6.45) is 12.1. The normalized spacial score (nSPS) is 21.0. The van der Waals surface area contributed by atoms with E-state index in [1.54, 1.807) is 0 Å². The Bertz CT molecular complexity index is 801. The molecule has 124 valence electrons. The summed E-state index contributed by atoms with van der Waals surface area (Å²) >= 11 is 0. The molecule has 3 rings (SSSR count). The summed E-state index contributed by atoms with van der Waals surface area (Å²) in [6, 6.07) is 6.22. The number of rotatable bonds is 2. The molecule has 1 aliphatic heterocycles. The van der Waals surface area contributed by atoms with E-state index in [2.05, 4.69) is 57.2 Å². The number of hydrogen-bond donors (Lipinski definition) is 1. The summed E-state index contributed by atoms with van der Waals surface area (Å²) in [6.45, 7) is 7.20. The molecule has 0 bridgehead atoms. The molecular formula is C22H26N2. The van der Waals surface area contributed by atoms with Gasteiger partial charge in [-0.3, -0.25) is 4.99 Å². The Morgan fingerprint density at radius 3 is 2.67 bits per heavy atom. The lowest BCUT2D eigenvalue weighted by molar-refractivity contribution is 0.935. The van der Waals surface area contributed by atoms with Gasteiger partial charge in [-0.1, -0.05) is 42.9 Å². The van der Waals surface area contributed by atoms with Crippen molar-refractivity contribution in [3.63, 3.8) is 0 Å². The van der Waals surface area contributed by atoms with Gasteiger partial charge in [0.25, 0.3) is 0 Å². The van der Waals surface area contributed by atoms with Gasteiger partial charge in [-0.15, -0.1) is 0 Å². The average molecular weight is 318 g/mol. The maximum Gasteiger partial charge on any atom is 0.0689 e. The fraction of sp³-hybridized carbons (Fsp3) is 0.318. The van der Waals surface area contributed by atoms with Crippen molar-refractivity contribution >= 4 is 17.0 Å². The quantitative estimate of drug-likeness (QED) is 0.721. The van der Waals surface area contributed by atoms with E-state index in [0.29, 0.717) is 0 Å². The summed E-state index contributed by atoms with van der Waals surface area (Å²) in [5.74, 6) is 0. The zero-order valence-corrected chi connectivity index (χ0v) is 14.9. The molecule has 1 aromatic carbocycles. The third kappa shape index (κ3) is 3.14. The number of nitrogens with two attached hydrogens (primary N) is 1. The van der Waals surface area contributed by atoms with Crippen LogP contribution < -0.4 is 5.73 Å². The molecule has 0 atom stereocenters. The van der Waals surface area contributed by atoms with Crippen LogP contribution in [0.25, 0.3) is 5.57 Å². The van der Waals surface area contributed by atoms with Gasteiger partial charge in [0.15, 0.2) is 0 Å². The van der Waals surface area contributed by atoms with Crippen molar-refractivity contribution in [3.05, 3.63) is 70.3 Å². The van der Waals surface area contributed by atoms with Crippen LogP contribution in [0, 0.1) is 0 Å². The van der Waals surface area contributed by atoms with Crippen LogP contribution >= 0.6 is 0 Å². The SMILES string of the molecule is C/C=C1\C(=C/CC)CN=C(C2=CC=C(C)CC2)c2ccc(N)cc21. The molecule has 2 aliphatic rings.